The van der Waals surface area contributed by atoms with E-state index in [4.69, 9.17) is 14.2 Å². The minimum atomic E-state index is -0.707. The van der Waals surface area contributed by atoms with Crippen molar-refractivity contribution in [3.05, 3.63) is 45.5 Å². The maximum atomic E-state index is 12.8. The number of rotatable bonds is 6. The molecule has 146 valence electrons. The second-order valence-corrected chi connectivity index (χ2v) is 6.77. The first-order valence-corrected chi connectivity index (χ1v) is 8.87. The second kappa shape index (κ2) is 7.69. The van der Waals surface area contributed by atoms with Gasteiger partial charge in [0.15, 0.2) is 10.9 Å². The van der Waals surface area contributed by atoms with Crippen LogP contribution in [0.25, 0.3) is 10.2 Å². The van der Waals surface area contributed by atoms with Gasteiger partial charge in [-0.15, -0.1) is 0 Å². The summed E-state index contributed by atoms with van der Waals surface area (Å²) >= 11 is 1.28. The van der Waals surface area contributed by atoms with Crippen molar-refractivity contribution in [3.8, 4) is 17.2 Å². The number of hydrogen-bond acceptors (Lipinski definition) is 8. The van der Waals surface area contributed by atoms with Gasteiger partial charge in [0.05, 0.1) is 36.5 Å². The number of aromatic nitrogens is 1. The smallest absolute Gasteiger partial charge is 0.327 e. The number of carbonyl (C=O) groups excluding carboxylic acids is 1. The van der Waals surface area contributed by atoms with Crippen LogP contribution in [0.5, 0.6) is 17.2 Å². The molecule has 10 heteroatoms. The van der Waals surface area contributed by atoms with Crippen molar-refractivity contribution in [1.82, 2.24) is 4.98 Å². The molecule has 2 aromatic carbocycles. The fourth-order valence-corrected chi connectivity index (χ4v) is 3.70. The highest BCUT2D eigenvalue weighted by atomic mass is 32.1. The number of benzene rings is 2. The minimum Gasteiger partial charge on any atom is -0.493 e. The number of nitrogens with one attached hydrogen (secondary N) is 1. The van der Waals surface area contributed by atoms with Crippen LogP contribution in [0.2, 0.25) is 0 Å². The SMILES string of the molecule is COc1cc(C(=O)Nc2nc3ccc(C)cc3s2)c([N+](=O)[O-])c(OC)c1OC. The summed E-state index contributed by atoms with van der Waals surface area (Å²) in [6.45, 7) is 1.96. The van der Waals surface area contributed by atoms with Crippen molar-refractivity contribution in [3.63, 3.8) is 0 Å². The quantitative estimate of drug-likeness (QED) is 0.492. The summed E-state index contributed by atoms with van der Waals surface area (Å²) in [6, 6.07) is 6.95. The highest BCUT2D eigenvalue weighted by Crippen LogP contribution is 2.46. The Morgan fingerprint density at radius 1 is 1.14 bits per heavy atom. The number of methoxy groups -OCH3 is 3. The summed E-state index contributed by atoms with van der Waals surface area (Å²) in [7, 11) is 3.94. The van der Waals surface area contributed by atoms with E-state index in [2.05, 4.69) is 10.3 Å². The lowest BCUT2D eigenvalue weighted by Crippen LogP contribution is -2.15. The first kappa shape index (κ1) is 19.4. The largest absolute Gasteiger partial charge is 0.493 e. The number of nitrogens with zero attached hydrogens (tertiary/aromatic N) is 2. The Hall–Kier alpha value is -3.40. The predicted molar refractivity (Wildman–Crippen MR) is 105 cm³/mol. The average Bonchev–Trinajstić information content (AvgIpc) is 3.06. The molecule has 0 aliphatic carbocycles. The molecule has 1 heterocycles. The van der Waals surface area contributed by atoms with Crippen LogP contribution in [0, 0.1) is 17.0 Å². The van der Waals surface area contributed by atoms with E-state index < -0.39 is 16.5 Å². The molecule has 1 N–H and O–H groups in total. The van der Waals surface area contributed by atoms with Gasteiger partial charge in [-0.1, -0.05) is 17.4 Å². The van der Waals surface area contributed by atoms with Crippen LogP contribution in [-0.2, 0) is 0 Å². The summed E-state index contributed by atoms with van der Waals surface area (Å²) in [5.74, 6) is -0.739. The van der Waals surface area contributed by atoms with E-state index in [-0.39, 0.29) is 22.8 Å². The van der Waals surface area contributed by atoms with Crippen molar-refractivity contribution in [2.75, 3.05) is 26.6 Å². The minimum absolute atomic E-state index is 0.0312. The molecule has 0 spiro atoms. The molecule has 1 aromatic heterocycles. The summed E-state index contributed by atoms with van der Waals surface area (Å²) in [4.78, 5) is 28.1. The van der Waals surface area contributed by atoms with E-state index in [0.717, 1.165) is 15.8 Å². The summed E-state index contributed by atoms with van der Waals surface area (Å²) in [5.41, 5.74) is 1.05. The molecule has 0 saturated carbocycles. The van der Waals surface area contributed by atoms with Crippen molar-refractivity contribution in [2.45, 2.75) is 6.92 Å². The summed E-state index contributed by atoms with van der Waals surface area (Å²) in [6.07, 6.45) is 0. The zero-order chi connectivity index (χ0) is 20.4. The predicted octanol–water partition coefficient (Wildman–Crippen LogP) is 3.79. The van der Waals surface area contributed by atoms with Crippen molar-refractivity contribution in [1.29, 1.82) is 0 Å². The Kier molecular flexibility index (Phi) is 5.32. The number of ether oxygens (including phenoxy) is 3. The van der Waals surface area contributed by atoms with Crippen LogP contribution in [0.1, 0.15) is 15.9 Å². The van der Waals surface area contributed by atoms with Gasteiger partial charge in [0.1, 0.15) is 5.56 Å². The third-order valence-corrected chi connectivity index (χ3v) is 4.93. The van der Waals surface area contributed by atoms with Gasteiger partial charge >= 0.3 is 5.69 Å². The molecule has 1 amide bonds. The molecule has 0 aliphatic rings. The third-order valence-electron chi connectivity index (χ3n) is 4.00. The Morgan fingerprint density at radius 2 is 1.86 bits per heavy atom. The number of amides is 1. The zero-order valence-corrected chi connectivity index (χ0v) is 16.4. The number of thiazole rings is 1. The van der Waals surface area contributed by atoms with Crippen molar-refractivity contribution in [2.24, 2.45) is 0 Å². The van der Waals surface area contributed by atoms with Gasteiger partial charge in [0.2, 0.25) is 11.5 Å². The second-order valence-electron chi connectivity index (χ2n) is 5.74. The summed E-state index contributed by atoms with van der Waals surface area (Å²) in [5, 5.41) is 14.6. The molecule has 9 nitrogen and oxygen atoms in total. The van der Waals surface area contributed by atoms with Gasteiger partial charge in [-0.05, 0) is 24.6 Å². The van der Waals surface area contributed by atoms with Crippen LogP contribution >= 0.6 is 11.3 Å². The lowest BCUT2D eigenvalue weighted by atomic mass is 10.1. The normalized spacial score (nSPS) is 10.6. The molecule has 0 aliphatic heterocycles. The van der Waals surface area contributed by atoms with Crippen LogP contribution in [0.4, 0.5) is 10.8 Å². The van der Waals surface area contributed by atoms with E-state index in [9.17, 15) is 14.9 Å². The molecule has 0 unspecified atom stereocenters. The first-order chi connectivity index (χ1) is 13.4. The fraction of sp³-hybridized carbons (Fsp3) is 0.222. The van der Waals surface area contributed by atoms with Crippen LogP contribution in [0.15, 0.2) is 24.3 Å². The van der Waals surface area contributed by atoms with E-state index in [1.165, 1.54) is 38.7 Å². The molecule has 28 heavy (non-hydrogen) atoms. The first-order valence-electron chi connectivity index (χ1n) is 8.05. The van der Waals surface area contributed by atoms with Gasteiger partial charge in [-0.2, -0.15) is 0 Å². The topological polar surface area (TPSA) is 113 Å². The van der Waals surface area contributed by atoms with Gasteiger partial charge in [0, 0.05) is 6.07 Å². The lowest BCUT2D eigenvalue weighted by Gasteiger charge is -2.14. The van der Waals surface area contributed by atoms with E-state index >= 15 is 0 Å². The van der Waals surface area contributed by atoms with E-state index in [1.54, 1.807) is 0 Å². The highest BCUT2D eigenvalue weighted by molar-refractivity contribution is 7.22. The van der Waals surface area contributed by atoms with Gasteiger partial charge < -0.3 is 14.2 Å². The van der Waals surface area contributed by atoms with Gasteiger partial charge in [0.25, 0.3) is 5.91 Å². The molecular formula is C18H17N3O6S. The third kappa shape index (κ3) is 3.41. The molecule has 0 saturated heterocycles. The molecule has 3 aromatic rings. The molecule has 0 bridgehead atoms. The van der Waals surface area contributed by atoms with Crippen molar-refractivity contribution < 1.29 is 23.9 Å². The van der Waals surface area contributed by atoms with E-state index in [0.29, 0.717) is 5.13 Å². The average molecular weight is 403 g/mol. The zero-order valence-electron chi connectivity index (χ0n) is 15.6. The van der Waals surface area contributed by atoms with Gasteiger partial charge in [-0.25, -0.2) is 4.98 Å². The lowest BCUT2D eigenvalue weighted by molar-refractivity contribution is -0.386. The van der Waals surface area contributed by atoms with Crippen molar-refractivity contribution >= 4 is 38.3 Å². The number of nitro groups is 1. The standard InChI is InChI=1S/C18H17N3O6S/c1-9-5-6-11-13(7-9)28-18(19-11)20-17(22)10-8-12(25-2)15(26-3)16(27-4)14(10)21(23)24/h5-8H,1-4H3,(H,19,20,22). The number of fused-ring (bicyclic) bond motifs is 1. The highest BCUT2D eigenvalue weighted by Gasteiger charge is 2.32. The Labute approximate surface area is 164 Å². The number of anilines is 1. The van der Waals surface area contributed by atoms with E-state index in [1.807, 2.05) is 25.1 Å². The number of hydrogen-bond donors (Lipinski definition) is 1. The van der Waals surface area contributed by atoms with Gasteiger partial charge in [-0.3, -0.25) is 20.2 Å². The summed E-state index contributed by atoms with van der Waals surface area (Å²) < 4.78 is 16.4. The Bertz CT molecular complexity index is 1080. The Morgan fingerprint density at radius 3 is 2.46 bits per heavy atom. The van der Waals surface area contributed by atoms with Crippen LogP contribution in [0.3, 0.4) is 0 Å². The Balaban J connectivity index is 2.07. The monoisotopic (exact) mass is 403 g/mol. The molecule has 3 rings (SSSR count). The molecular weight excluding hydrogens is 386 g/mol. The van der Waals surface area contributed by atoms with Crippen LogP contribution in [-0.4, -0.2) is 37.1 Å². The van der Waals surface area contributed by atoms with Crippen LogP contribution < -0.4 is 19.5 Å². The maximum Gasteiger partial charge on any atom is 0.327 e. The number of carbonyl (C=O) groups is 1. The molecule has 0 fully saturated rings. The fourth-order valence-electron chi connectivity index (χ4n) is 2.75. The number of nitro benzene ring substituents is 1. The number of aryl methyl sites for hydroxylation is 1. The maximum absolute atomic E-state index is 12.8. The molecule has 0 radical (unpaired) electrons. The molecule has 0 atom stereocenters.